The molecule has 1 aromatic heterocycles. The number of hydrogen-bond donors (Lipinski definition) is 1. The fourth-order valence-electron chi connectivity index (χ4n) is 2.11. The van der Waals surface area contributed by atoms with E-state index >= 15 is 0 Å². The monoisotopic (exact) mass is 238 g/mol. The molecule has 0 saturated carbocycles. The Morgan fingerprint density at radius 1 is 1.53 bits per heavy atom. The Balaban J connectivity index is 1.52. The average molecular weight is 238 g/mol. The van der Waals surface area contributed by atoms with Crippen LogP contribution in [0.4, 0.5) is 0 Å². The first-order valence-corrected chi connectivity index (χ1v) is 6.36. The molecule has 2 rings (SSSR count). The zero-order chi connectivity index (χ0) is 11.9. The van der Waals surface area contributed by atoms with Crippen LogP contribution in [-0.2, 0) is 11.3 Å². The number of furan rings is 1. The SMILES string of the molecule is CN(CCNCC1CCCO1)Cc1ccoc1. The highest BCUT2D eigenvalue weighted by atomic mass is 16.5. The molecule has 0 radical (unpaired) electrons. The molecule has 1 atom stereocenters. The Bertz CT molecular complexity index is 294. The van der Waals surface area contributed by atoms with Crippen molar-refractivity contribution in [2.75, 3.05) is 33.3 Å². The summed E-state index contributed by atoms with van der Waals surface area (Å²) in [4.78, 5) is 2.29. The minimum atomic E-state index is 0.439. The van der Waals surface area contributed by atoms with Crippen LogP contribution in [0.25, 0.3) is 0 Å². The van der Waals surface area contributed by atoms with Gasteiger partial charge in [0.15, 0.2) is 0 Å². The number of ether oxygens (including phenoxy) is 1. The van der Waals surface area contributed by atoms with Gasteiger partial charge in [-0.2, -0.15) is 0 Å². The molecule has 0 spiro atoms. The summed E-state index contributed by atoms with van der Waals surface area (Å²) in [5.74, 6) is 0. The summed E-state index contributed by atoms with van der Waals surface area (Å²) < 4.78 is 10.6. The number of likely N-dealkylation sites (N-methyl/N-ethyl adjacent to an activating group) is 1. The Morgan fingerprint density at radius 2 is 2.47 bits per heavy atom. The molecule has 0 aromatic carbocycles. The Kier molecular flexibility index (Phi) is 5.04. The molecule has 0 aliphatic carbocycles. The zero-order valence-corrected chi connectivity index (χ0v) is 10.5. The van der Waals surface area contributed by atoms with Gasteiger partial charge in [0.1, 0.15) is 0 Å². The van der Waals surface area contributed by atoms with Crippen LogP contribution in [-0.4, -0.2) is 44.3 Å². The lowest BCUT2D eigenvalue weighted by atomic mass is 10.2. The van der Waals surface area contributed by atoms with Crippen LogP contribution in [0.2, 0.25) is 0 Å². The van der Waals surface area contributed by atoms with Crippen molar-refractivity contribution in [3.8, 4) is 0 Å². The Labute approximate surface area is 103 Å². The largest absolute Gasteiger partial charge is 0.472 e. The molecular weight excluding hydrogens is 216 g/mol. The lowest BCUT2D eigenvalue weighted by Gasteiger charge is -2.17. The molecule has 1 fully saturated rings. The molecule has 1 aromatic rings. The van der Waals surface area contributed by atoms with Crippen molar-refractivity contribution in [2.45, 2.75) is 25.5 Å². The minimum absolute atomic E-state index is 0.439. The van der Waals surface area contributed by atoms with Crippen LogP contribution in [0.1, 0.15) is 18.4 Å². The Morgan fingerprint density at radius 3 is 3.18 bits per heavy atom. The van der Waals surface area contributed by atoms with E-state index in [0.717, 1.165) is 32.8 Å². The first-order valence-electron chi connectivity index (χ1n) is 6.36. The smallest absolute Gasteiger partial charge is 0.0947 e. The van der Waals surface area contributed by atoms with Gasteiger partial charge in [-0.15, -0.1) is 0 Å². The van der Waals surface area contributed by atoms with Crippen molar-refractivity contribution in [3.63, 3.8) is 0 Å². The molecule has 2 heterocycles. The zero-order valence-electron chi connectivity index (χ0n) is 10.5. The van der Waals surface area contributed by atoms with E-state index in [1.54, 1.807) is 12.5 Å². The van der Waals surface area contributed by atoms with E-state index in [2.05, 4.69) is 17.3 Å². The summed E-state index contributed by atoms with van der Waals surface area (Å²) in [6.07, 6.45) is 6.38. The van der Waals surface area contributed by atoms with Gasteiger partial charge >= 0.3 is 0 Å². The number of hydrogen-bond acceptors (Lipinski definition) is 4. The van der Waals surface area contributed by atoms with Crippen molar-refractivity contribution < 1.29 is 9.15 Å². The van der Waals surface area contributed by atoms with Crippen molar-refractivity contribution in [3.05, 3.63) is 24.2 Å². The molecule has 1 saturated heterocycles. The van der Waals surface area contributed by atoms with Crippen LogP contribution in [0.3, 0.4) is 0 Å². The van der Waals surface area contributed by atoms with E-state index in [-0.39, 0.29) is 0 Å². The molecule has 4 nitrogen and oxygen atoms in total. The van der Waals surface area contributed by atoms with E-state index in [9.17, 15) is 0 Å². The van der Waals surface area contributed by atoms with Gasteiger partial charge < -0.3 is 19.4 Å². The number of nitrogens with zero attached hydrogens (tertiary/aromatic N) is 1. The highest BCUT2D eigenvalue weighted by molar-refractivity contribution is 5.04. The van der Waals surface area contributed by atoms with Crippen LogP contribution in [0, 0.1) is 0 Å². The molecule has 96 valence electrons. The molecule has 1 aliphatic heterocycles. The third kappa shape index (κ3) is 4.50. The summed E-state index contributed by atoms with van der Waals surface area (Å²) in [6.45, 7) is 4.91. The summed E-state index contributed by atoms with van der Waals surface area (Å²) in [6, 6.07) is 2.01. The molecule has 1 N–H and O–H groups in total. The highest BCUT2D eigenvalue weighted by Crippen LogP contribution is 2.10. The van der Waals surface area contributed by atoms with Crippen molar-refractivity contribution in [1.82, 2.24) is 10.2 Å². The molecule has 0 bridgehead atoms. The second-order valence-corrected chi connectivity index (χ2v) is 4.71. The van der Waals surface area contributed by atoms with E-state index in [1.165, 1.54) is 18.4 Å². The molecular formula is C13H22N2O2. The maximum Gasteiger partial charge on any atom is 0.0947 e. The van der Waals surface area contributed by atoms with Gasteiger partial charge in [-0.05, 0) is 26.0 Å². The third-order valence-electron chi connectivity index (χ3n) is 3.10. The van der Waals surface area contributed by atoms with Gasteiger partial charge in [0, 0.05) is 38.3 Å². The number of nitrogens with one attached hydrogen (secondary N) is 1. The summed E-state index contributed by atoms with van der Waals surface area (Å²) >= 11 is 0. The lowest BCUT2D eigenvalue weighted by molar-refractivity contribution is 0.109. The second-order valence-electron chi connectivity index (χ2n) is 4.71. The molecule has 1 aliphatic rings. The van der Waals surface area contributed by atoms with Gasteiger partial charge in [-0.1, -0.05) is 0 Å². The first-order chi connectivity index (χ1) is 8.34. The quantitative estimate of drug-likeness (QED) is 0.730. The van der Waals surface area contributed by atoms with Crippen LogP contribution in [0.5, 0.6) is 0 Å². The predicted octanol–water partition coefficient (Wildman–Crippen LogP) is 1.48. The predicted molar refractivity (Wildman–Crippen MR) is 66.9 cm³/mol. The van der Waals surface area contributed by atoms with Crippen LogP contribution < -0.4 is 5.32 Å². The van der Waals surface area contributed by atoms with E-state index in [0.29, 0.717) is 6.10 Å². The topological polar surface area (TPSA) is 37.6 Å². The summed E-state index contributed by atoms with van der Waals surface area (Å²) in [7, 11) is 2.13. The van der Waals surface area contributed by atoms with Crippen LogP contribution in [0.15, 0.2) is 23.0 Å². The Hall–Kier alpha value is -0.840. The molecule has 1 unspecified atom stereocenters. The lowest BCUT2D eigenvalue weighted by Crippen LogP contribution is -2.33. The van der Waals surface area contributed by atoms with Gasteiger partial charge in [0.05, 0.1) is 18.6 Å². The van der Waals surface area contributed by atoms with Crippen LogP contribution >= 0.6 is 0 Å². The maximum absolute atomic E-state index is 5.56. The van der Waals surface area contributed by atoms with E-state index in [4.69, 9.17) is 9.15 Å². The number of rotatable bonds is 7. The summed E-state index contributed by atoms with van der Waals surface area (Å²) in [5, 5.41) is 3.45. The van der Waals surface area contributed by atoms with Crippen molar-refractivity contribution in [2.24, 2.45) is 0 Å². The standard InChI is InChI=1S/C13H22N2O2/c1-15(10-12-4-8-16-11-12)6-5-14-9-13-3-2-7-17-13/h4,8,11,13-14H,2-3,5-7,9-10H2,1H3. The average Bonchev–Trinajstić information content (AvgIpc) is 2.96. The molecule has 17 heavy (non-hydrogen) atoms. The first kappa shape index (κ1) is 12.6. The van der Waals surface area contributed by atoms with Crippen molar-refractivity contribution in [1.29, 1.82) is 0 Å². The van der Waals surface area contributed by atoms with Crippen molar-refractivity contribution >= 4 is 0 Å². The van der Waals surface area contributed by atoms with Gasteiger partial charge in [-0.3, -0.25) is 0 Å². The third-order valence-corrected chi connectivity index (χ3v) is 3.10. The van der Waals surface area contributed by atoms with E-state index < -0.39 is 0 Å². The summed E-state index contributed by atoms with van der Waals surface area (Å²) in [5.41, 5.74) is 1.23. The fourth-order valence-corrected chi connectivity index (χ4v) is 2.11. The van der Waals surface area contributed by atoms with E-state index in [1.807, 2.05) is 6.07 Å². The molecule has 4 heteroatoms. The van der Waals surface area contributed by atoms with Gasteiger partial charge in [0.2, 0.25) is 0 Å². The minimum Gasteiger partial charge on any atom is -0.472 e. The van der Waals surface area contributed by atoms with Gasteiger partial charge in [0.25, 0.3) is 0 Å². The normalized spacial score (nSPS) is 20.2. The molecule has 0 amide bonds. The highest BCUT2D eigenvalue weighted by Gasteiger charge is 2.14. The maximum atomic E-state index is 5.56. The van der Waals surface area contributed by atoms with Gasteiger partial charge in [-0.25, -0.2) is 0 Å². The second kappa shape index (κ2) is 6.79. The fraction of sp³-hybridized carbons (Fsp3) is 0.692.